The highest BCUT2D eigenvalue weighted by molar-refractivity contribution is 5.70. The fourth-order valence-electron chi connectivity index (χ4n) is 2.75. The lowest BCUT2D eigenvalue weighted by Crippen LogP contribution is -2.55. The maximum atomic E-state index is 12.1. The highest BCUT2D eigenvalue weighted by Crippen LogP contribution is 2.09. The normalized spacial score (nSPS) is 13.6. The summed E-state index contributed by atoms with van der Waals surface area (Å²) in [6.07, 6.45) is 5.22. The van der Waals surface area contributed by atoms with Crippen LogP contribution in [0.15, 0.2) is 0 Å². The Morgan fingerprint density at radius 3 is 2.14 bits per heavy atom. The second-order valence-electron chi connectivity index (χ2n) is 8.13. The minimum absolute atomic E-state index is 0.0372. The van der Waals surface area contributed by atoms with Gasteiger partial charge in [-0.3, -0.25) is 9.59 Å². The molecular weight excluding hydrogens is 378 g/mol. The molecule has 0 saturated carbocycles. The molecule has 0 aromatic carbocycles. The molecule has 0 heterocycles. The molecule has 0 fully saturated rings. The van der Waals surface area contributed by atoms with Gasteiger partial charge < -0.3 is 28.6 Å². The summed E-state index contributed by atoms with van der Waals surface area (Å²) in [7, 11) is 5.32. The van der Waals surface area contributed by atoms with Gasteiger partial charge in [0.25, 0.3) is 0 Å². The van der Waals surface area contributed by atoms with Gasteiger partial charge in [-0.05, 0) is 6.42 Å². The van der Waals surface area contributed by atoms with Gasteiger partial charge in [0.1, 0.15) is 12.6 Å². The molecule has 0 aliphatic rings. The number of carboxylic acids is 1. The van der Waals surface area contributed by atoms with Gasteiger partial charge >= 0.3 is 11.9 Å². The molecule has 29 heavy (non-hydrogen) atoms. The number of carbonyl (C=O) groups excluding carboxylic acids is 3. The van der Waals surface area contributed by atoms with E-state index in [9.17, 15) is 19.5 Å². The smallest absolute Gasteiger partial charge is 0.306 e. The summed E-state index contributed by atoms with van der Waals surface area (Å²) >= 11 is 0. The van der Waals surface area contributed by atoms with E-state index in [0.717, 1.165) is 32.1 Å². The topological polar surface area (TPSA) is 102 Å². The van der Waals surface area contributed by atoms with E-state index in [1.54, 1.807) is 28.1 Å². The molecule has 8 nitrogen and oxygen atoms in total. The van der Waals surface area contributed by atoms with E-state index in [0.29, 0.717) is 6.42 Å². The molecule has 2 atom stereocenters. The third-order valence-electron chi connectivity index (χ3n) is 4.55. The van der Waals surface area contributed by atoms with Crippen molar-refractivity contribution >= 4 is 17.9 Å². The molecule has 0 N–H and O–H groups in total. The minimum atomic E-state index is -1.14. The average Bonchev–Trinajstić information content (AvgIpc) is 2.63. The van der Waals surface area contributed by atoms with Gasteiger partial charge in [0, 0.05) is 19.3 Å². The van der Waals surface area contributed by atoms with Crippen LogP contribution in [0.25, 0.3) is 0 Å². The summed E-state index contributed by atoms with van der Waals surface area (Å²) in [6, 6.07) is -0.711. The maximum Gasteiger partial charge on any atom is 0.306 e. The molecule has 8 heteroatoms. The second-order valence-corrected chi connectivity index (χ2v) is 8.13. The van der Waals surface area contributed by atoms with E-state index in [1.165, 1.54) is 0 Å². The van der Waals surface area contributed by atoms with Crippen molar-refractivity contribution in [1.82, 2.24) is 0 Å². The van der Waals surface area contributed by atoms with Crippen LogP contribution in [0.4, 0.5) is 0 Å². The molecule has 0 radical (unpaired) electrons. The zero-order chi connectivity index (χ0) is 22.3. The molecular formula is C21H39NO7. The molecule has 0 amide bonds. The standard InChI is InChI=1S/C21H39NO7/c1-6-8-9-10-11-12-20(24)29-17(16-28-19(23)7-2)15-27-14-13-18(21(25)26)22(3,4)5/h17-18H,6-16H2,1-5H3. The van der Waals surface area contributed by atoms with E-state index in [2.05, 4.69) is 6.92 Å². The Balaban J connectivity index is 4.47. The molecule has 0 spiro atoms. The average molecular weight is 418 g/mol. The molecule has 0 aliphatic heterocycles. The molecule has 2 unspecified atom stereocenters. The number of carboxylic acid groups (broad SMARTS) is 1. The number of rotatable bonds is 17. The number of unbranched alkanes of at least 4 members (excludes halogenated alkanes) is 4. The zero-order valence-corrected chi connectivity index (χ0v) is 18.7. The van der Waals surface area contributed by atoms with E-state index < -0.39 is 18.1 Å². The maximum absolute atomic E-state index is 12.1. The number of quaternary nitrogens is 1. The van der Waals surface area contributed by atoms with Crippen LogP contribution < -0.4 is 5.11 Å². The lowest BCUT2D eigenvalue weighted by Gasteiger charge is -2.34. The first-order valence-corrected chi connectivity index (χ1v) is 10.6. The van der Waals surface area contributed by atoms with Crippen LogP contribution in [0.1, 0.15) is 65.2 Å². The lowest BCUT2D eigenvalue weighted by molar-refractivity contribution is -0.889. The van der Waals surface area contributed by atoms with Crippen LogP contribution in [0, 0.1) is 0 Å². The number of nitrogens with zero attached hydrogens (tertiary/aromatic N) is 1. The molecule has 0 aliphatic carbocycles. The van der Waals surface area contributed by atoms with Crippen molar-refractivity contribution in [1.29, 1.82) is 0 Å². The van der Waals surface area contributed by atoms with Crippen LogP contribution in [-0.2, 0) is 28.6 Å². The van der Waals surface area contributed by atoms with Crippen LogP contribution in [-0.4, -0.2) is 75.5 Å². The molecule has 0 aromatic rings. The van der Waals surface area contributed by atoms with Gasteiger partial charge in [-0.25, -0.2) is 0 Å². The van der Waals surface area contributed by atoms with Crippen molar-refractivity contribution in [3.8, 4) is 0 Å². The van der Waals surface area contributed by atoms with Crippen molar-refractivity contribution in [3.05, 3.63) is 0 Å². The number of aliphatic carboxylic acids is 1. The minimum Gasteiger partial charge on any atom is -0.544 e. The summed E-state index contributed by atoms with van der Waals surface area (Å²) in [5.41, 5.74) is 0. The number of carbonyl (C=O) groups is 3. The first kappa shape index (κ1) is 27.3. The summed E-state index contributed by atoms with van der Waals surface area (Å²) in [5, 5.41) is 11.3. The van der Waals surface area contributed by atoms with Gasteiger partial charge in [0.15, 0.2) is 6.10 Å². The molecule has 0 aromatic heterocycles. The van der Waals surface area contributed by atoms with E-state index in [4.69, 9.17) is 14.2 Å². The van der Waals surface area contributed by atoms with Crippen LogP contribution >= 0.6 is 0 Å². The van der Waals surface area contributed by atoms with Gasteiger partial charge in [-0.2, -0.15) is 0 Å². The Morgan fingerprint density at radius 2 is 1.59 bits per heavy atom. The fraction of sp³-hybridized carbons (Fsp3) is 0.857. The monoisotopic (exact) mass is 417 g/mol. The third-order valence-corrected chi connectivity index (χ3v) is 4.55. The largest absolute Gasteiger partial charge is 0.544 e. The van der Waals surface area contributed by atoms with Gasteiger partial charge in [0.2, 0.25) is 0 Å². The predicted molar refractivity (Wildman–Crippen MR) is 107 cm³/mol. The van der Waals surface area contributed by atoms with Crippen LogP contribution in [0.3, 0.4) is 0 Å². The van der Waals surface area contributed by atoms with Crippen LogP contribution in [0.2, 0.25) is 0 Å². The first-order valence-electron chi connectivity index (χ1n) is 10.6. The number of hydrogen-bond donors (Lipinski definition) is 0. The molecule has 0 bridgehead atoms. The van der Waals surface area contributed by atoms with Crippen LogP contribution in [0.5, 0.6) is 0 Å². The van der Waals surface area contributed by atoms with E-state index >= 15 is 0 Å². The number of ether oxygens (including phenoxy) is 3. The third kappa shape index (κ3) is 14.0. The van der Waals surface area contributed by atoms with Gasteiger partial charge in [-0.1, -0.05) is 39.5 Å². The molecule has 0 saturated heterocycles. The second kappa shape index (κ2) is 15.2. The fourth-order valence-corrected chi connectivity index (χ4v) is 2.75. The Morgan fingerprint density at radius 1 is 0.931 bits per heavy atom. The predicted octanol–water partition coefficient (Wildman–Crippen LogP) is 1.44. The van der Waals surface area contributed by atoms with E-state index in [-0.39, 0.29) is 49.1 Å². The van der Waals surface area contributed by atoms with Crippen molar-refractivity contribution in [3.63, 3.8) is 0 Å². The SMILES string of the molecule is CCCCCCCC(=O)OC(COCCC(C(=O)[O-])[N+](C)(C)C)COC(=O)CC. The molecule has 0 rings (SSSR count). The van der Waals surface area contributed by atoms with Crippen molar-refractivity contribution in [2.24, 2.45) is 0 Å². The lowest BCUT2D eigenvalue weighted by atomic mass is 10.1. The van der Waals surface area contributed by atoms with Crippen molar-refractivity contribution < 1.29 is 38.2 Å². The molecule has 170 valence electrons. The van der Waals surface area contributed by atoms with Gasteiger partial charge in [-0.15, -0.1) is 0 Å². The van der Waals surface area contributed by atoms with Gasteiger partial charge in [0.05, 0.1) is 40.3 Å². The summed E-state index contributed by atoms with van der Waals surface area (Å²) < 4.78 is 16.2. The highest BCUT2D eigenvalue weighted by atomic mass is 16.6. The summed E-state index contributed by atoms with van der Waals surface area (Å²) in [6.45, 7) is 3.94. The number of hydrogen-bond acceptors (Lipinski definition) is 7. The van der Waals surface area contributed by atoms with Crippen molar-refractivity contribution in [2.45, 2.75) is 77.4 Å². The highest BCUT2D eigenvalue weighted by Gasteiger charge is 2.25. The Labute approximate surface area is 175 Å². The van der Waals surface area contributed by atoms with E-state index in [1.807, 2.05) is 0 Å². The van der Waals surface area contributed by atoms with Crippen molar-refractivity contribution in [2.75, 3.05) is 41.0 Å². The number of esters is 2. The Kier molecular flexibility index (Phi) is 14.3. The summed E-state index contributed by atoms with van der Waals surface area (Å²) in [5.74, 6) is -1.86. The number of likely N-dealkylation sites (N-methyl/N-ethyl adjacent to an activating group) is 1. The Bertz CT molecular complexity index is 488. The first-order chi connectivity index (χ1) is 13.6. The summed E-state index contributed by atoms with van der Waals surface area (Å²) in [4.78, 5) is 34.7. The Hall–Kier alpha value is -1.67. The quantitative estimate of drug-likeness (QED) is 0.200. The zero-order valence-electron chi connectivity index (χ0n) is 18.7.